The smallest absolute Gasteiger partial charge is 0.545 e. The second-order valence-electron chi connectivity index (χ2n) is 4.24. The zero-order valence-electron chi connectivity index (χ0n) is 13.3. The van der Waals surface area contributed by atoms with Crippen molar-refractivity contribution >= 4 is 84.7 Å². The van der Waals surface area contributed by atoms with Crippen LogP contribution < -0.4 is 20.4 Å². The fourth-order valence-corrected chi connectivity index (χ4v) is 1.68. The number of rotatable bonds is 4. The van der Waals surface area contributed by atoms with Crippen LogP contribution in [0.4, 0.5) is 0 Å². The summed E-state index contributed by atoms with van der Waals surface area (Å²) in [4.78, 5) is 41.3. The van der Waals surface area contributed by atoms with E-state index in [0.717, 1.165) is 24.3 Å². The number of hydrogen-bond donors (Lipinski definition) is 0. The van der Waals surface area contributed by atoms with E-state index in [1.165, 1.54) is 24.3 Å². The molecule has 0 aromatic heterocycles. The van der Waals surface area contributed by atoms with Crippen LogP contribution in [0.3, 0.4) is 0 Å². The van der Waals surface area contributed by atoms with Crippen molar-refractivity contribution in [3.63, 3.8) is 0 Å². The number of carboxylic acid groups (broad SMARTS) is 4. The minimum Gasteiger partial charge on any atom is -0.545 e. The van der Waals surface area contributed by atoms with Crippen LogP contribution in [0.5, 0.6) is 0 Å². The Kier molecular flexibility index (Phi) is 12.9. The van der Waals surface area contributed by atoms with Crippen LogP contribution in [0.1, 0.15) is 41.4 Å². The molecule has 0 aliphatic rings. The SMILES string of the molecule is O=C([O-])c1ccccc1C(=O)[O-].O=C([O-])c1ccccc1C(=O)[O-].[Ca+2].[Mg+2]. The van der Waals surface area contributed by atoms with Gasteiger partial charge in [-0.05, 0) is 0 Å². The van der Waals surface area contributed by atoms with E-state index in [0.29, 0.717) is 0 Å². The van der Waals surface area contributed by atoms with Crippen molar-refractivity contribution in [2.45, 2.75) is 0 Å². The first-order valence-electron chi connectivity index (χ1n) is 6.29. The molecule has 0 bridgehead atoms. The van der Waals surface area contributed by atoms with Gasteiger partial charge in [-0.2, -0.15) is 0 Å². The van der Waals surface area contributed by atoms with Crippen LogP contribution in [0.15, 0.2) is 48.5 Å². The summed E-state index contributed by atoms with van der Waals surface area (Å²) in [6.07, 6.45) is 0. The van der Waals surface area contributed by atoms with E-state index in [9.17, 15) is 39.6 Å². The topological polar surface area (TPSA) is 161 Å². The van der Waals surface area contributed by atoms with Gasteiger partial charge in [0.05, 0.1) is 23.9 Å². The average Bonchev–Trinajstić information content (AvgIpc) is 2.55. The molecule has 0 radical (unpaired) electrons. The Hall–Kier alpha value is -1.65. The monoisotopic (exact) mass is 392 g/mol. The summed E-state index contributed by atoms with van der Waals surface area (Å²) in [5.41, 5.74) is -1.45. The molecule has 0 amide bonds. The van der Waals surface area contributed by atoms with E-state index in [-0.39, 0.29) is 83.0 Å². The number of benzene rings is 2. The normalized spacial score (nSPS) is 8.62. The summed E-state index contributed by atoms with van der Waals surface area (Å²) in [6.45, 7) is 0. The molecule has 0 fully saturated rings. The Morgan fingerprint density at radius 2 is 0.654 bits per heavy atom. The van der Waals surface area contributed by atoms with Gasteiger partial charge in [0.15, 0.2) is 0 Å². The molecule has 0 saturated carbocycles. The molecule has 2 aromatic rings. The van der Waals surface area contributed by atoms with Crippen molar-refractivity contribution in [2.24, 2.45) is 0 Å². The third kappa shape index (κ3) is 7.71. The maximum Gasteiger partial charge on any atom is 2.00 e. The summed E-state index contributed by atoms with van der Waals surface area (Å²) >= 11 is 0. The van der Waals surface area contributed by atoms with Gasteiger partial charge in [0.2, 0.25) is 0 Å². The summed E-state index contributed by atoms with van der Waals surface area (Å²) in [7, 11) is 0. The fourth-order valence-electron chi connectivity index (χ4n) is 1.68. The molecule has 10 heteroatoms. The van der Waals surface area contributed by atoms with Gasteiger partial charge in [0.25, 0.3) is 0 Å². The van der Waals surface area contributed by atoms with E-state index in [1.54, 1.807) is 0 Å². The standard InChI is InChI=1S/2C8H6O4.Ca.Mg/c2*9-7(10)5-3-1-2-4-6(5)8(11)12;;/h2*1-4H,(H,9,10)(H,11,12);;/q;;2*+2/p-4. The second-order valence-corrected chi connectivity index (χ2v) is 4.24. The molecule has 0 heterocycles. The molecule has 2 aromatic carbocycles. The molecule has 0 atom stereocenters. The Morgan fingerprint density at radius 1 is 0.500 bits per heavy atom. The van der Waals surface area contributed by atoms with Crippen molar-refractivity contribution in [3.05, 3.63) is 70.8 Å². The van der Waals surface area contributed by atoms with Crippen molar-refractivity contribution in [2.75, 3.05) is 0 Å². The quantitative estimate of drug-likeness (QED) is 0.476. The van der Waals surface area contributed by atoms with Crippen molar-refractivity contribution in [1.82, 2.24) is 0 Å². The van der Waals surface area contributed by atoms with Gasteiger partial charge in [-0.25, -0.2) is 0 Å². The minimum absolute atomic E-state index is 0. The summed E-state index contributed by atoms with van der Waals surface area (Å²) < 4.78 is 0. The minimum atomic E-state index is -1.52. The predicted octanol–water partition coefficient (Wildman–Crippen LogP) is -3.93. The van der Waals surface area contributed by atoms with E-state index in [2.05, 4.69) is 0 Å². The fraction of sp³-hybridized carbons (Fsp3) is 0. The van der Waals surface area contributed by atoms with Crippen LogP contribution in [-0.4, -0.2) is 84.7 Å². The van der Waals surface area contributed by atoms with E-state index >= 15 is 0 Å². The van der Waals surface area contributed by atoms with E-state index < -0.39 is 23.9 Å². The molecule has 8 nitrogen and oxygen atoms in total. The zero-order valence-corrected chi connectivity index (χ0v) is 16.9. The van der Waals surface area contributed by atoms with Gasteiger partial charge in [0, 0.05) is 22.3 Å². The average molecular weight is 393 g/mol. The number of carbonyl (C=O) groups is 4. The van der Waals surface area contributed by atoms with Crippen LogP contribution >= 0.6 is 0 Å². The molecule has 2 rings (SSSR count). The summed E-state index contributed by atoms with van der Waals surface area (Å²) in [6, 6.07) is 10.3. The molecular weight excluding hydrogens is 385 g/mol. The van der Waals surface area contributed by atoms with Crippen LogP contribution in [-0.2, 0) is 0 Å². The Labute approximate surface area is 193 Å². The van der Waals surface area contributed by atoms with Crippen molar-refractivity contribution in [1.29, 1.82) is 0 Å². The second kappa shape index (κ2) is 12.7. The third-order valence-corrected chi connectivity index (χ3v) is 2.73. The predicted molar refractivity (Wildman–Crippen MR) is 81.7 cm³/mol. The molecular formula is C16H8CaMgO8. The Bertz CT molecular complexity index is 673. The van der Waals surface area contributed by atoms with Gasteiger partial charge in [-0.15, -0.1) is 0 Å². The summed E-state index contributed by atoms with van der Waals surface area (Å²) in [5, 5.41) is 41.3. The first-order chi connectivity index (χ1) is 11.3. The number of carbonyl (C=O) groups excluding carboxylic acids is 4. The molecule has 0 N–H and O–H groups in total. The first kappa shape index (κ1) is 26.6. The van der Waals surface area contributed by atoms with Gasteiger partial charge in [-0.3, -0.25) is 0 Å². The van der Waals surface area contributed by atoms with Crippen LogP contribution in [0.2, 0.25) is 0 Å². The number of carboxylic acids is 4. The Morgan fingerprint density at radius 3 is 0.769 bits per heavy atom. The summed E-state index contributed by atoms with van der Waals surface area (Å²) in [5.74, 6) is -6.07. The van der Waals surface area contributed by atoms with E-state index in [1.807, 2.05) is 0 Å². The molecule has 124 valence electrons. The number of hydrogen-bond acceptors (Lipinski definition) is 8. The van der Waals surface area contributed by atoms with Crippen LogP contribution in [0, 0.1) is 0 Å². The van der Waals surface area contributed by atoms with Gasteiger partial charge >= 0.3 is 60.8 Å². The van der Waals surface area contributed by atoms with Crippen molar-refractivity contribution < 1.29 is 39.6 Å². The molecule has 26 heavy (non-hydrogen) atoms. The largest absolute Gasteiger partial charge is 2.00 e. The maximum atomic E-state index is 10.3. The maximum absolute atomic E-state index is 10.3. The molecule has 0 aliphatic heterocycles. The van der Waals surface area contributed by atoms with Gasteiger partial charge in [0.1, 0.15) is 0 Å². The van der Waals surface area contributed by atoms with Crippen molar-refractivity contribution in [3.8, 4) is 0 Å². The first-order valence-corrected chi connectivity index (χ1v) is 6.29. The molecule has 0 saturated heterocycles. The zero-order chi connectivity index (χ0) is 18.3. The number of aromatic carboxylic acids is 4. The Balaban J connectivity index is 0. The molecule has 0 spiro atoms. The molecule has 0 aliphatic carbocycles. The van der Waals surface area contributed by atoms with E-state index in [4.69, 9.17) is 0 Å². The van der Waals surface area contributed by atoms with Gasteiger partial charge in [-0.1, -0.05) is 48.5 Å². The van der Waals surface area contributed by atoms with Crippen LogP contribution in [0.25, 0.3) is 0 Å². The third-order valence-electron chi connectivity index (χ3n) is 2.73. The van der Waals surface area contributed by atoms with Gasteiger partial charge < -0.3 is 39.6 Å². The molecule has 0 unspecified atom stereocenters.